The largest absolute Gasteiger partial charge is 0.493 e. The summed E-state index contributed by atoms with van der Waals surface area (Å²) in [7, 11) is 0. The summed E-state index contributed by atoms with van der Waals surface area (Å²) in [6.07, 6.45) is 2.38. The third-order valence-electron chi connectivity index (χ3n) is 4.27. The lowest BCUT2D eigenvalue weighted by Crippen LogP contribution is -2.43. The normalized spacial score (nSPS) is 15.7. The molecule has 0 unspecified atom stereocenters. The maximum atomic E-state index is 5.94. The molecule has 1 aliphatic heterocycles. The number of nitrogens with zero attached hydrogens (tertiary/aromatic N) is 1. The second kappa shape index (κ2) is 7.53. The third-order valence-corrected chi connectivity index (χ3v) is 4.27. The predicted octanol–water partition coefficient (Wildman–Crippen LogP) is 3.22. The summed E-state index contributed by atoms with van der Waals surface area (Å²) in [5.74, 6) is 1.68. The molecule has 1 saturated heterocycles. The van der Waals surface area contributed by atoms with Gasteiger partial charge in [0.2, 0.25) is 0 Å². The van der Waals surface area contributed by atoms with Crippen molar-refractivity contribution in [1.29, 1.82) is 0 Å². The standard InChI is InChI=1S/C17H28N2O/c1-4-15(5-2)13-20-16-6-7-17(14(3)12-16)19-10-8-18-9-11-19/h6-7,12,15,18H,4-5,8-11,13H2,1-3H3. The molecule has 1 N–H and O–H groups in total. The first-order valence-corrected chi connectivity index (χ1v) is 7.93. The molecule has 112 valence electrons. The van der Waals surface area contributed by atoms with Crippen molar-refractivity contribution in [1.82, 2.24) is 5.32 Å². The van der Waals surface area contributed by atoms with Crippen LogP contribution in [0.2, 0.25) is 0 Å². The highest BCUT2D eigenvalue weighted by Crippen LogP contribution is 2.25. The van der Waals surface area contributed by atoms with Gasteiger partial charge in [-0.3, -0.25) is 0 Å². The SMILES string of the molecule is CCC(CC)COc1ccc(N2CCNCC2)c(C)c1. The highest BCUT2D eigenvalue weighted by Gasteiger charge is 2.13. The van der Waals surface area contributed by atoms with Crippen molar-refractivity contribution in [3.63, 3.8) is 0 Å². The lowest BCUT2D eigenvalue weighted by molar-refractivity contribution is 0.240. The number of benzene rings is 1. The topological polar surface area (TPSA) is 24.5 Å². The minimum Gasteiger partial charge on any atom is -0.493 e. The Bertz CT molecular complexity index is 409. The molecule has 1 aromatic carbocycles. The van der Waals surface area contributed by atoms with E-state index in [1.807, 2.05) is 0 Å². The third kappa shape index (κ3) is 3.89. The molecule has 0 spiro atoms. The summed E-state index contributed by atoms with van der Waals surface area (Å²) in [5, 5.41) is 3.39. The number of hydrogen-bond acceptors (Lipinski definition) is 3. The molecule has 0 aliphatic carbocycles. The van der Waals surface area contributed by atoms with E-state index >= 15 is 0 Å². The molecular formula is C17H28N2O. The highest BCUT2D eigenvalue weighted by molar-refractivity contribution is 5.56. The smallest absolute Gasteiger partial charge is 0.119 e. The average molecular weight is 276 g/mol. The van der Waals surface area contributed by atoms with Crippen LogP contribution in [-0.4, -0.2) is 32.8 Å². The van der Waals surface area contributed by atoms with E-state index in [2.05, 4.69) is 49.2 Å². The maximum Gasteiger partial charge on any atom is 0.119 e. The van der Waals surface area contributed by atoms with Crippen LogP contribution in [0.25, 0.3) is 0 Å². The van der Waals surface area contributed by atoms with Crippen LogP contribution in [0.5, 0.6) is 5.75 Å². The van der Waals surface area contributed by atoms with Gasteiger partial charge in [0, 0.05) is 31.9 Å². The van der Waals surface area contributed by atoms with Crippen molar-refractivity contribution in [2.45, 2.75) is 33.6 Å². The fourth-order valence-electron chi connectivity index (χ4n) is 2.72. The van der Waals surface area contributed by atoms with Gasteiger partial charge in [-0.1, -0.05) is 26.7 Å². The van der Waals surface area contributed by atoms with Crippen LogP contribution in [-0.2, 0) is 0 Å². The van der Waals surface area contributed by atoms with Gasteiger partial charge < -0.3 is 15.0 Å². The van der Waals surface area contributed by atoms with Crippen LogP contribution in [0.4, 0.5) is 5.69 Å². The van der Waals surface area contributed by atoms with Gasteiger partial charge in [-0.15, -0.1) is 0 Å². The Labute approximate surface area is 123 Å². The number of hydrogen-bond donors (Lipinski definition) is 1. The first kappa shape index (κ1) is 15.2. The molecule has 0 bridgehead atoms. The van der Waals surface area contributed by atoms with Gasteiger partial charge in [0.15, 0.2) is 0 Å². The molecule has 1 aliphatic rings. The second-order valence-corrected chi connectivity index (χ2v) is 5.68. The van der Waals surface area contributed by atoms with Crippen molar-refractivity contribution in [3.8, 4) is 5.75 Å². The summed E-state index contributed by atoms with van der Waals surface area (Å²) in [5.41, 5.74) is 2.66. The summed E-state index contributed by atoms with van der Waals surface area (Å²) in [6, 6.07) is 6.51. The Kier molecular flexibility index (Phi) is 5.72. The Balaban J connectivity index is 1.98. The summed E-state index contributed by atoms with van der Waals surface area (Å²) < 4.78 is 5.94. The minimum atomic E-state index is 0.670. The van der Waals surface area contributed by atoms with Crippen LogP contribution < -0.4 is 15.0 Å². The first-order chi connectivity index (χ1) is 9.74. The van der Waals surface area contributed by atoms with E-state index in [1.54, 1.807) is 0 Å². The Morgan fingerprint density at radius 1 is 1.20 bits per heavy atom. The van der Waals surface area contributed by atoms with Crippen molar-refractivity contribution >= 4 is 5.69 Å². The zero-order valence-corrected chi connectivity index (χ0v) is 13.1. The molecule has 20 heavy (non-hydrogen) atoms. The molecule has 0 aromatic heterocycles. The van der Waals surface area contributed by atoms with Gasteiger partial charge in [0.05, 0.1) is 6.61 Å². The van der Waals surface area contributed by atoms with E-state index in [9.17, 15) is 0 Å². The molecule has 0 atom stereocenters. The Morgan fingerprint density at radius 2 is 1.90 bits per heavy atom. The quantitative estimate of drug-likeness (QED) is 0.863. The van der Waals surface area contributed by atoms with Crippen molar-refractivity contribution in [2.75, 3.05) is 37.7 Å². The number of piperazine rings is 1. The number of aryl methyl sites for hydroxylation is 1. The fraction of sp³-hybridized carbons (Fsp3) is 0.647. The highest BCUT2D eigenvalue weighted by atomic mass is 16.5. The summed E-state index contributed by atoms with van der Waals surface area (Å²) >= 11 is 0. The number of nitrogens with one attached hydrogen (secondary N) is 1. The molecule has 1 heterocycles. The van der Waals surface area contributed by atoms with Gasteiger partial charge in [-0.05, 0) is 36.6 Å². The van der Waals surface area contributed by atoms with Gasteiger partial charge in [-0.2, -0.15) is 0 Å². The van der Waals surface area contributed by atoms with Crippen molar-refractivity contribution < 1.29 is 4.74 Å². The van der Waals surface area contributed by atoms with E-state index in [1.165, 1.54) is 24.1 Å². The van der Waals surface area contributed by atoms with Crippen LogP contribution in [0, 0.1) is 12.8 Å². The number of rotatable bonds is 6. The summed E-state index contributed by atoms with van der Waals surface area (Å²) in [4.78, 5) is 2.45. The van der Waals surface area contributed by atoms with E-state index < -0.39 is 0 Å². The molecule has 3 heteroatoms. The van der Waals surface area contributed by atoms with Gasteiger partial charge >= 0.3 is 0 Å². The fourth-order valence-corrected chi connectivity index (χ4v) is 2.72. The molecule has 0 amide bonds. The van der Waals surface area contributed by atoms with Gasteiger partial charge in [0.1, 0.15) is 5.75 Å². The minimum absolute atomic E-state index is 0.670. The van der Waals surface area contributed by atoms with Crippen LogP contribution in [0.15, 0.2) is 18.2 Å². The monoisotopic (exact) mass is 276 g/mol. The Hall–Kier alpha value is -1.22. The lowest BCUT2D eigenvalue weighted by Gasteiger charge is -2.30. The van der Waals surface area contributed by atoms with E-state index in [0.29, 0.717) is 5.92 Å². The zero-order valence-electron chi connectivity index (χ0n) is 13.1. The van der Waals surface area contributed by atoms with Crippen LogP contribution >= 0.6 is 0 Å². The first-order valence-electron chi connectivity index (χ1n) is 7.93. The molecule has 0 radical (unpaired) electrons. The zero-order chi connectivity index (χ0) is 14.4. The maximum absolute atomic E-state index is 5.94. The second-order valence-electron chi connectivity index (χ2n) is 5.68. The van der Waals surface area contributed by atoms with Gasteiger partial charge in [-0.25, -0.2) is 0 Å². The van der Waals surface area contributed by atoms with Crippen LogP contribution in [0.1, 0.15) is 32.3 Å². The Morgan fingerprint density at radius 3 is 2.50 bits per heavy atom. The molecule has 1 aromatic rings. The predicted molar refractivity (Wildman–Crippen MR) is 85.8 cm³/mol. The average Bonchev–Trinajstić information content (AvgIpc) is 2.49. The number of anilines is 1. The van der Waals surface area contributed by atoms with Crippen molar-refractivity contribution in [3.05, 3.63) is 23.8 Å². The van der Waals surface area contributed by atoms with Crippen LogP contribution in [0.3, 0.4) is 0 Å². The number of ether oxygens (including phenoxy) is 1. The van der Waals surface area contributed by atoms with Gasteiger partial charge in [0.25, 0.3) is 0 Å². The molecule has 3 nitrogen and oxygen atoms in total. The summed E-state index contributed by atoms with van der Waals surface area (Å²) in [6.45, 7) is 11.8. The van der Waals surface area contributed by atoms with E-state index in [0.717, 1.165) is 38.5 Å². The molecule has 1 fully saturated rings. The van der Waals surface area contributed by atoms with E-state index in [-0.39, 0.29) is 0 Å². The molecule has 2 rings (SSSR count). The van der Waals surface area contributed by atoms with E-state index in [4.69, 9.17) is 4.74 Å². The van der Waals surface area contributed by atoms with Crippen molar-refractivity contribution in [2.24, 2.45) is 5.92 Å². The lowest BCUT2D eigenvalue weighted by atomic mass is 10.1. The molecule has 0 saturated carbocycles. The molecular weight excluding hydrogens is 248 g/mol.